The fourth-order valence-corrected chi connectivity index (χ4v) is 3.71. The second kappa shape index (κ2) is 10.4. The molecular weight excluding hydrogens is 417 g/mol. The van der Waals surface area contributed by atoms with Crippen molar-refractivity contribution >= 4 is 30.6 Å². The van der Waals surface area contributed by atoms with E-state index in [1.807, 2.05) is 49.3 Å². The lowest BCUT2D eigenvalue weighted by molar-refractivity contribution is 0.102. The highest BCUT2D eigenvalue weighted by molar-refractivity contribution is 6.23. The Hall–Kier alpha value is -3.50. The molecule has 1 radical (unpaired) electrons. The Morgan fingerprint density at radius 1 is 1.12 bits per heavy atom. The molecule has 3 heterocycles. The van der Waals surface area contributed by atoms with Crippen molar-refractivity contribution in [2.24, 2.45) is 0 Å². The van der Waals surface area contributed by atoms with Gasteiger partial charge in [-0.1, -0.05) is 12.1 Å². The van der Waals surface area contributed by atoms with Crippen molar-refractivity contribution in [2.75, 3.05) is 62.5 Å². The molecule has 0 atom stereocenters. The highest BCUT2D eigenvalue weighted by Crippen LogP contribution is 2.26. The number of aromatic nitrogens is 3. The minimum absolute atomic E-state index is 0.296. The number of carbonyl (C=O) groups is 1. The third-order valence-electron chi connectivity index (χ3n) is 5.46. The monoisotopic (exact) mass is 444 g/mol. The van der Waals surface area contributed by atoms with Crippen molar-refractivity contribution in [3.8, 4) is 11.4 Å². The molecule has 2 aromatic heterocycles. The highest BCUT2D eigenvalue weighted by atomic mass is 16.4. The first kappa shape index (κ1) is 22.7. The van der Waals surface area contributed by atoms with Gasteiger partial charge in [-0.05, 0) is 24.3 Å². The summed E-state index contributed by atoms with van der Waals surface area (Å²) in [6.07, 6.45) is 5.01. The lowest BCUT2D eigenvalue weighted by atomic mass is 10.1. The van der Waals surface area contributed by atoms with E-state index >= 15 is 0 Å². The Morgan fingerprint density at radius 2 is 1.94 bits per heavy atom. The number of carbonyl (C=O) groups excluding carboxylic acids is 1. The molecule has 1 aromatic carbocycles. The van der Waals surface area contributed by atoms with E-state index in [1.54, 1.807) is 39.4 Å². The van der Waals surface area contributed by atoms with Crippen molar-refractivity contribution in [1.82, 2.24) is 19.8 Å². The van der Waals surface area contributed by atoms with Crippen LogP contribution in [0.15, 0.2) is 55.0 Å². The van der Waals surface area contributed by atoms with Gasteiger partial charge in [-0.2, -0.15) is 0 Å². The van der Waals surface area contributed by atoms with E-state index in [2.05, 4.69) is 30.0 Å². The van der Waals surface area contributed by atoms with E-state index in [1.165, 1.54) is 0 Å². The van der Waals surface area contributed by atoms with Crippen LogP contribution in [-0.2, 0) is 4.65 Å². The molecule has 0 spiro atoms. The quantitative estimate of drug-likeness (QED) is 0.555. The normalized spacial score (nSPS) is 14.1. The van der Waals surface area contributed by atoms with Gasteiger partial charge in [0, 0.05) is 71.0 Å². The first-order chi connectivity index (χ1) is 16.0. The topological polar surface area (TPSA) is 86.7 Å². The van der Waals surface area contributed by atoms with Gasteiger partial charge in [0.25, 0.3) is 5.91 Å². The standard InChI is InChI=1S/C23H27BN7O2/c1-29(2)18-6-4-5-17(15-18)22-26-10-7-19(27-22)23(32)28-20-16-25-9-8-21(20)30-11-13-31(14-12-30)24-33-3/h4-10,15-16H,11-14H2,1-3H3,(H,28,32). The van der Waals surface area contributed by atoms with Gasteiger partial charge in [-0.25, -0.2) is 9.97 Å². The summed E-state index contributed by atoms with van der Waals surface area (Å²) >= 11 is 0. The van der Waals surface area contributed by atoms with Crippen LogP contribution in [0, 0.1) is 0 Å². The Bertz CT molecular complexity index is 1100. The van der Waals surface area contributed by atoms with Crippen LogP contribution in [0.4, 0.5) is 17.1 Å². The minimum atomic E-state index is -0.303. The van der Waals surface area contributed by atoms with Gasteiger partial charge in [0.05, 0.1) is 17.6 Å². The van der Waals surface area contributed by atoms with Crippen molar-refractivity contribution in [1.29, 1.82) is 0 Å². The summed E-state index contributed by atoms with van der Waals surface area (Å²) in [5.74, 6) is 0.200. The number of amides is 1. The van der Waals surface area contributed by atoms with Crippen LogP contribution in [0.1, 0.15) is 10.5 Å². The molecular formula is C23H27BN7O2. The number of nitrogens with one attached hydrogen (secondary N) is 1. The van der Waals surface area contributed by atoms with Gasteiger partial charge in [-0.3, -0.25) is 9.78 Å². The third kappa shape index (κ3) is 5.47. The third-order valence-corrected chi connectivity index (χ3v) is 5.46. The van der Waals surface area contributed by atoms with E-state index in [0.717, 1.165) is 43.1 Å². The molecule has 4 rings (SSSR count). The first-order valence-corrected chi connectivity index (χ1v) is 10.8. The first-order valence-electron chi connectivity index (χ1n) is 10.8. The van der Waals surface area contributed by atoms with Crippen LogP contribution in [-0.4, -0.2) is 80.7 Å². The summed E-state index contributed by atoms with van der Waals surface area (Å²) in [6.45, 7) is 3.30. The van der Waals surface area contributed by atoms with Gasteiger partial charge >= 0.3 is 7.62 Å². The van der Waals surface area contributed by atoms with Crippen LogP contribution in [0.5, 0.6) is 0 Å². The molecule has 1 saturated heterocycles. The van der Waals surface area contributed by atoms with Crippen LogP contribution in [0.25, 0.3) is 11.4 Å². The minimum Gasteiger partial charge on any atom is -0.427 e. The van der Waals surface area contributed by atoms with Crippen LogP contribution >= 0.6 is 0 Å². The molecule has 33 heavy (non-hydrogen) atoms. The largest absolute Gasteiger partial charge is 0.427 e. The van der Waals surface area contributed by atoms with Gasteiger partial charge in [-0.15, -0.1) is 0 Å². The number of pyridine rings is 1. The average Bonchev–Trinajstić information content (AvgIpc) is 2.85. The second-order valence-electron chi connectivity index (χ2n) is 7.92. The summed E-state index contributed by atoms with van der Waals surface area (Å²) in [4.78, 5) is 32.5. The van der Waals surface area contributed by atoms with Crippen molar-refractivity contribution in [3.05, 3.63) is 60.7 Å². The molecule has 0 unspecified atom stereocenters. The molecule has 1 fully saturated rings. The SMILES string of the molecule is CO[B]N1CCN(c2ccncc2NC(=O)c2ccnc(-c3cccc(N(C)C)c3)n2)CC1. The Morgan fingerprint density at radius 3 is 2.70 bits per heavy atom. The molecule has 0 bridgehead atoms. The number of hydrogen-bond donors (Lipinski definition) is 1. The molecule has 1 aliphatic rings. The molecule has 1 aliphatic heterocycles. The Balaban J connectivity index is 1.51. The zero-order valence-corrected chi connectivity index (χ0v) is 19.1. The zero-order valence-electron chi connectivity index (χ0n) is 19.1. The Kier molecular flexibility index (Phi) is 7.16. The van der Waals surface area contributed by atoms with Crippen LogP contribution in [0.2, 0.25) is 0 Å². The maximum atomic E-state index is 13.1. The number of piperazine rings is 1. The molecule has 10 heteroatoms. The summed E-state index contributed by atoms with van der Waals surface area (Å²) < 4.78 is 5.11. The Labute approximate surface area is 194 Å². The van der Waals surface area contributed by atoms with Crippen molar-refractivity contribution in [3.63, 3.8) is 0 Å². The zero-order chi connectivity index (χ0) is 23.2. The van der Waals surface area contributed by atoms with Gasteiger partial charge in [0.2, 0.25) is 0 Å². The van der Waals surface area contributed by atoms with Gasteiger partial charge in [0.15, 0.2) is 5.82 Å². The molecule has 0 aliphatic carbocycles. The molecule has 3 aromatic rings. The van der Waals surface area contributed by atoms with Gasteiger partial charge in [0.1, 0.15) is 5.69 Å². The van der Waals surface area contributed by atoms with E-state index in [9.17, 15) is 4.79 Å². The number of hydrogen-bond acceptors (Lipinski definition) is 8. The lowest BCUT2D eigenvalue weighted by Gasteiger charge is -2.36. The summed E-state index contributed by atoms with van der Waals surface area (Å²) in [6, 6.07) is 11.4. The number of anilines is 3. The molecule has 0 saturated carbocycles. The summed E-state index contributed by atoms with van der Waals surface area (Å²) in [5, 5.41) is 2.98. The smallest absolute Gasteiger partial charge is 0.398 e. The van der Waals surface area contributed by atoms with E-state index in [-0.39, 0.29) is 5.91 Å². The van der Waals surface area contributed by atoms with E-state index in [0.29, 0.717) is 17.2 Å². The second-order valence-corrected chi connectivity index (χ2v) is 7.92. The van der Waals surface area contributed by atoms with Crippen LogP contribution in [0.3, 0.4) is 0 Å². The number of benzene rings is 1. The summed E-state index contributed by atoms with van der Waals surface area (Å²) in [7, 11) is 7.35. The van der Waals surface area contributed by atoms with E-state index < -0.39 is 0 Å². The number of rotatable bonds is 7. The fraction of sp³-hybridized carbons (Fsp3) is 0.304. The predicted octanol–water partition coefficient (Wildman–Crippen LogP) is 2.16. The van der Waals surface area contributed by atoms with Crippen molar-refractivity contribution < 1.29 is 9.45 Å². The predicted molar refractivity (Wildman–Crippen MR) is 131 cm³/mol. The molecule has 169 valence electrons. The van der Waals surface area contributed by atoms with Crippen molar-refractivity contribution in [2.45, 2.75) is 0 Å². The van der Waals surface area contributed by atoms with Crippen LogP contribution < -0.4 is 15.1 Å². The summed E-state index contributed by atoms with van der Waals surface area (Å²) in [5.41, 5.74) is 3.77. The maximum absolute atomic E-state index is 13.1. The fourth-order valence-electron chi connectivity index (χ4n) is 3.71. The molecule has 9 nitrogen and oxygen atoms in total. The number of nitrogens with zero attached hydrogens (tertiary/aromatic N) is 6. The molecule has 1 amide bonds. The maximum Gasteiger partial charge on any atom is 0.398 e. The lowest BCUT2D eigenvalue weighted by Crippen LogP contribution is -2.48. The highest BCUT2D eigenvalue weighted by Gasteiger charge is 2.21. The van der Waals surface area contributed by atoms with Gasteiger partial charge < -0.3 is 24.6 Å². The average molecular weight is 444 g/mol. The molecule has 1 N–H and O–H groups in total. The van der Waals surface area contributed by atoms with E-state index in [4.69, 9.17) is 4.65 Å².